The van der Waals surface area contributed by atoms with Gasteiger partial charge in [-0.3, -0.25) is 9.69 Å². The van der Waals surface area contributed by atoms with Gasteiger partial charge in [-0.2, -0.15) is 0 Å². The topological polar surface area (TPSA) is 58.4 Å². The number of rotatable bonds is 7. The van der Waals surface area contributed by atoms with E-state index in [0.717, 1.165) is 13.1 Å². The lowest BCUT2D eigenvalue weighted by molar-refractivity contribution is -0.123. The highest BCUT2D eigenvalue weighted by Crippen LogP contribution is 2.22. The van der Waals surface area contributed by atoms with E-state index in [1.54, 1.807) is 0 Å². The third kappa shape index (κ3) is 5.83. The first-order valence-corrected chi connectivity index (χ1v) is 7.34. The Bertz CT molecular complexity index is 237. The van der Waals surface area contributed by atoms with Gasteiger partial charge in [0.2, 0.25) is 5.91 Å². The van der Waals surface area contributed by atoms with Crippen LogP contribution in [0.2, 0.25) is 0 Å². The van der Waals surface area contributed by atoms with Gasteiger partial charge in [-0.05, 0) is 18.8 Å². The van der Waals surface area contributed by atoms with Gasteiger partial charge in [-0.25, -0.2) is 0 Å². The molecule has 4 heteroatoms. The van der Waals surface area contributed by atoms with Crippen LogP contribution in [0.3, 0.4) is 0 Å². The van der Waals surface area contributed by atoms with E-state index in [1.807, 2.05) is 0 Å². The lowest BCUT2D eigenvalue weighted by atomic mass is 9.94. The minimum absolute atomic E-state index is 0.141. The van der Waals surface area contributed by atoms with Crippen molar-refractivity contribution >= 4 is 5.91 Å². The van der Waals surface area contributed by atoms with Gasteiger partial charge in [0.25, 0.3) is 0 Å². The summed E-state index contributed by atoms with van der Waals surface area (Å²) in [6.45, 7) is 6.96. The number of carbonyl (C=O) groups excluding carboxylic acids is 1. The summed E-state index contributed by atoms with van der Waals surface area (Å²) in [4.78, 5) is 14.2. The molecule has 1 saturated carbocycles. The van der Waals surface area contributed by atoms with E-state index >= 15 is 0 Å². The van der Waals surface area contributed by atoms with Crippen LogP contribution in [0.25, 0.3) is 0 Å². The van der Waals surface area contributed by atoms with E-state index < -0.39 is 0 Å². The molecule has 0 aromatic heterocycles. The molecule has 0 bridgehead atoms. The molecule has 4 nitrogen and oxygen atoms in total. The number of hydrogen-bond acceptors (Lipinski definition) is 3. The molecule has 0 aromatic carbocycles. The summed E-state index contributed by atoms with van der Waals surface area (Å²) in [5.41, 5.74) is 5.66. The van der Waals surface area contributed by atoms with Crippen molar-refractivity contribution in [2.45, 2.75) is 52.0 Å². The van der Waals surface area contributed by atoms with Crippen LogP contribution >= 0.6 is 0 Å². The molecule has 3 N–H and O–H groups in total. The quantitative estimate of drug-likeness (QED) is 0.722. The Balaban J connectivity index is 2.38. The predicted molar refractivity (Wildman–Crippen MR) is 75.3 cm³/mol. The molecule has 1 rings (SSSR count). The van der Waals surface area contributed by atoms with E-state index in [4.69, 9.17) is 5.73 Å². The predicted octanol–water partition coefficient (Wildman–Crippen LogP) is 1.35. The molecule has 0 atom stereocenters. The van der Waals surface area contributed by atoms with Crippen molar-refractivity contribution in [3.63, 3.8) is 0 Å². The first kappa shape index (κ1) is 15.4. The lowest BCUT2D eigenvalue weighted by Gasteiger charge is -2.33. The summed E-state index contributed by atoms with van der Waals surface area (Å²) in [6.07, 6.45) is 6.36. The van der Waals surface area contributed by atoms with Crippen LogP contribution in [0.4, 0.5) is 0 Å². The maximum Gasteiger partial charge on any atom is 0.234 e. The first-order valence-electron chi connectivity index (χ1n) is 7.34. The highest BCUT2D eigenvalue weighted by molar-refractivity contribution is 5.78. The summed E-state index contributed by atoms with van der Waals surface area (Å²) < 4.78 is 0. The van der Waals surface area contributed by atoms with Gasteiger partial charge >= 0.3 is 0 Å². The number of amides is 1. The highest BCUT2D eigenvalue weighted by Gasteiger charge is 2.22. The van der Waals surface area contributed by atoms with Crippen molar-refractivity contribution in [3.05, 3.63) is 0 Å². The second-order valence-electron chi connectivity index (χ2n) is 5.75. The monoisotopic (exact) mass is 255 g/mol. The Hall–Kier alpha value is -0.610. The summed E-state index contributed by atoms with van der Waals surface area (Å²) in [7, 11) is 0. The standard InChI is InChI=1S/C14H29N3O/c1-12(2)10-16-14(18)11-17(9-8-15)13-6-4-3-5-7-13/h12-13H,3-11,15H2,1-2H3,(H,16,18). The van der Waals surface area contributed by atoms with Crippen molar-refractivity contribution in [2.24, 2.45) is 11.7 Å². The average Bonchev–Trinajstić information content (AvgIpc) is 2.37. The van der Waals surface area contributed by atoms with Crippen molar-refractivity contribution in [3.8, 4) is 0 Å². The van der Waals surface area contributed by atoms with Crippen molar-refractivity contribution in [1.82, 2.24) is 10.2 Å². The van der Waals surface area contributed by atoms with Crippen LogP contribution in [0.15, 0.2) is 0 Å². The molecule has 1 amide bonds. The van der Waals surface area contributed by atoms with Crippen molar-refractivity contribution in [1.29, 1.82) is 0 Å². The second kappa shape index (κ2) is 8.48. The smallest absolute Gasteiger partial charge is 0.234 e. The molecule has 0 radical (unpaired) electrons. The molecule has 1 aliphatic rings. The number of hydrogen-bond donors (Lipinski definition) is 2. The summed E-state index contributed by atoms with van der Waals surface area (Å²) >= 11 is 0. The van der Waals surface area contributed by atoms with Crippen LogP contribution in [0.5, 0.6) is 0 Å². The van der Waals surface area contributed by atoms with Gasteiger partial charge < -0.3 is 11.1 Å². The minimum Gasteiger partial charge on any atom is -0.355 e. The third-order valence-electron chi connectivity index (χ3n) is 3.56. The van der Waals surface area contributed by atoms with Crippen LogP contribution in [0.1, 0.15) is 46.0 Å². The van der Waals surface area contributed by atoms with Gasteiger partial charge in [-0.15, -0.1) is 0 Å². The maximum atomic E-state index is 11.9. The zero-order valence-electron chi connectivity index (χ0n) is 12.0. The molecular weight excluding hydrogens is 226 g/mol. The summed E-state index contributed by atoms with van der Waals surface area (Å²) in [5, 5.41) is 2.99. The number of carbonyl (C=O) groups is 1. The van der Waals surface area contributed by atoms with E-state index in [9.17, 15) is 4.79 Å². The largest absolute Gasteiger partial charge is 0.355 e. The Morgan fingerprint density at radius 1 is 1.33 bits per heavy atom. The van der Waals surface area contributed by atoms with Crippen molar-refractivity contribution in [2.75, 3.05) is 26.2 Å². The number of nitrogens with zero attached hydrogens (tertiary/aromatic N) is 1. The van der Waals surface area contributed by atoms with Crippen LogP contribution in [-0.2, 0) is 4.79 Å². The van der Waals surface area contributed by atoms with E-state index in [1.165, 1.54) is 32.1 Å². The summed E-state index contributed by atoms with van der Waals surface area (Å²) in [5.74, 6) is 0.648. The fourth-order valence-corrected chi connectivity index (χ4v) is 2.56. The zero-order chi connectivity index (χ0) is 13.4. The van der Waals surface area contributed by atoms with E-state index in [2.05, 4.69) is 24.1 Å². The minimum atomic E-state index is 0.141. The van der Waals surface area contributed by atoms with Gasteiger partial charge in [0.05, 0.1) is 6.54 Å². The molecule has 0 saturated heterocycles. The van der Waals surface area contributed by atoms with E-state index in [0.29, 0.717) is 25.0 Å². The third-order valence-corrected chi connectivity index (χ3v) is 3.56. The van der Waals surface area contributed by atoms with Gasteiger partial charge in [0.15, 0.2) is 0 Å². The van der Waals surface area contributed by atoms with E-state index in [-0.39, 0.29) is 5.91 Å². The highest BCUT2D eigenvalue weighted by atomic mass is 16.2. The lowest BCUT2D eigenvalue weighted by Crippen LogP contribution is -2.46. The van der Waals surface area contributed by atoms with Crippen molar-refractivity contribution < 1.29 is 4.79 Å². The SMILES string of the molecule is CC(C)CNC(=O)CN(CCN)C1CCCCC1. The first-order chi connectivity index (χ1) is 8.63. The molecule has 0 unspecified atom stereocenters. The van der Waals surface area contributed by atoms with Gasteiger partial charge in [0.1, 0.15) is 0 Å². The Morgan fingerprint density at radius 3 is 2.56 bits per heavy atom. The molecule has 106 valence electrons. The molecule has 0 heterocycles. The number of nitrogens with two attached hydrogens (primary N) is 1. The fourth-order valence-electron chi connectivity index (χ4n) is 2.56. The van der Waals surface area contributed by atoms with Crippen LogP contribution in [0, 0.1) is 5.92 Å². The average molecular weight is 255 g/mol. The fraction of sp³-hybridized carbons (Fsp3) is 0.929. The zero-order valence-corrected chi connectivity index (χ0v) is 12.0. The normalized spacial score (nSPS) is 17.4. The maximum absolute atomic E-state index is 11.9. The summed E-state index contributed by atoms with van der Waals surface area (Å²) in [6, 6.07) is 0.562. The molecule has 1 fully saturated rings. The molecule has 1 aliphatic carbocycles. The molecule has 0 aromatic rings. The van der Waals surface area contributed by atoms with Crippen LogP contribution in [-0.4, -0.2) is 43.0 Å². The van der Waals surface area contributed by atoms with Gasteiger partial charge in [-0.1, -0.05) is 33.1 Å². The number of nitrogens with one attached hydrogen (secondary N) is 1. The molecular formula is C14H29N3O. The second-order valence-corrected chi connectivity index (χ2v) is 5.75. The molecule has 0 aliphatic heterocycles. The van der Waals surface area contributed by atoms with Gasteiger partial charge in [0, 0.05) is 25.7 Å². The Kier molecular flexibility index (Phi) is 7.28. The van der Waals surface area contributed by atoms with Crippen LogP contribution < -0.4 is 11.1 Å². The molecule has 0 spiro atoms. The Morgan fingerprint density at radius 2 is 2.00 bits per heavy atom. The molecule has 18 heavy (non-hydrogen) atoms. The Labute approximate surface area is 111 Å².